The first kappa shape index (κ1) is 18.3. The van der Waals surface area contributed by atoms with Gasteiger partial charge in [-0.15, -0.1) is 0 Å². The minimum atomic E-state index is -4.41. The van der Waals surface area contributed by atoms with Gasteiger partial charge in [-0.2, -0.15) is 13.2 Å². The van der Waals surface area contributed by atoms with Gasteiger partial charge >= 0.3 is 6.18 Å². The van der Waals surface area contributed by atoms with Crippen LogP contribution in [0.15, 0.2) is 24.3 Å². The third-order valence-corrected chi connectivity index (χ3v) is 3.86. The molecule has 0 radical (unpaired) electrons. The Balaban J connectivity index is 1.86. The van der Waals surface area contributed by atoms with Crippen molar-refractivity contribution in [3.63, 3.8) is 0 Å². The summed E-state index contributed by atoms with van der Waals surface area (Å²) < 4.78 is 37.5. The zero-order valence-corrected chi connectivity index (χ0v) is 13.5. The fourth-order valence-corrected chi connectivity index (χ4v) is 2.05. The van der Waals surface area contributed by atoms with Gasteiger partial charge < -0.3 is 10.6 Å². The minimum absolute atomic E-state index is 0.0814. The molecule has 132 valence electrons. The van der Waals surface area contributed by atoms with Crippen molar-refractivity contribution >= 4 is 17.5 Å². The Labute approximate surface area is 138 Å². The summed E-state index contributed by atoms with van der Waals surface area (Å²) in [6.07, 6.45) is -2.44. The van der Waals surface area contributed by atoms with Crippen LogP contribution < -0.4 is 10.6 Å². The molecule has 0 spiro atoms. The Bertz CT molecular complexity index is 598. The van der Waals surface area contributed by atoms with E-state index in [9.17, 15) is 22.8 Å². The fraction of sp³-hybridized carbons (Fsp3) is 0.500. The topological polar surface area (TPSA) is 61.4 Å². The second-order valence-electron chi connectivity index (χ2n) is 6.00. The van der Waals surface area contributed by atoms with Crippen molar-refractivity contribution in [3.05, 3.63) is 29.8 Å². The molecule has 5 nitrogen and oxygen atoms in total. The molecule has 1 aliphatic rings. The van der Waals surface area contributed by atoms with Gasteiger partial charge in [0.15, 0.2) is 0 Å². The Hall–Kier alpha value is -2.09. The fourth-order valence-electron chi connectivity index (χ4n) is 2.05. The lowest BCUT2D eigenvalue weighted by molar-refractivity contribution is -0.137. The maximum Gasteiger partial charge on any atom is 0.416 e. The largest absolute Gasteiger partial charge is 0.416 e. The van der Waals surface area contributed by atoms with Gasteiger partial charge in [-0.3, -0.25) is 14.5 Å². The van der Waals surface area contributed by atoms with Crippen molar-refractivity contribution in [2.45, 2.75) is 38.0 Å². The average molecular weight is 343 g/mol. The van der Waals surface area contributed by atoms with Crippen LogP contribution in [0.5, 0.6) is 0 Å². The summed E-state index contributed by atoms with van der Waals surface area (Å²) in [6.45, 7) is 1.71. The predicted molar refractivity (Wildman–Crippen MR) is 83.3 cm³/mol. The third-order valence-electron chi connectivity index (χ3n) is 3.86. The number of nitrogens with one attached hydrogen (secondary N) is 2. The molecule has 0 aromatic heterocycles. The van der Waals surface area contributed by atoms with Gasteiger partial charge in [0.1, 0.15) is 0 Å². The molecule has 0 aliphatic heterocycles. The van der Waals surface area contributed by atoms with Gasteiger partial charge in [0.2, 0.25) is 11.8 Å². The number of nitrogens with zero attached hydrogens (tertiary/aromatic N) is 1. The maximum atomic E-state index is 12.5. The number of benzene rings is 1. The van der Waals surface area contributed by atoms with E-state index < -0.39 is 23.7 Å². The zero-order chi connectivity index (χ0) is 17.9. The zero-order valence-electron chi connectivity index (χ0n) is 13.5. The van der Waals surface area contributed by atoms with Gasteiger partial charge in [-0.25, -0.2) is 0 Å². The Morgan fingerprint density at radius 2 is 1.83 bits per heavy atom. The second kappa shape index (κ2) is 7.21. The summed E-state index contributed by atoms with van der Waals surface area (Å²) in [5.41, 5.74) is -0.502. The lowest BCUT2D eigenvalue weighted by Crippen LogP contribution is -2.45. The van der Waals surface area contributed by atoms with Crippen molar-refractivity contribution in [2.24, 2.45) is 0 Å². The van der Waals surface area contributed by atoms with Crippen molar-refractivity contribution in [3.8, 4) is 0 Å². The van der Waals surface area contributed by atoms with Crippen LogP contribution >= 0.6 is 0 Å². The highest BCUT2D eigenvalue weighted by atomic mass is 19.4. The molecule has 0 bridgehead atoms. The number of halogens is 3. The summed E-state index contributed by atoms with van der Waals surface area (Å²) in [5.74, 6) is -0.536. The highest BCUT2D eigenvalue weighted by Gasteiger charge is 2.30. The van der Waals surface area contributed by atoms with Crippen molar-refractivity contribution in [2.75, 3.05) is 18.9 Å². The van der Waals surface area contributed by atoms with Crippen LogP contribution in [0.1, 0.15) is 25.3 Å². The van der Waals surface area contributed by atoms with Crippen molar-refractivity contribution < 1.29 is 22.8 Å². The van der Waals surface area contributed by atoms with Gasteiger partial charge in [0, 0.05) is 11.7 Å². The highest BCUT2D eigenvalue weighted by molar-refractivity contribution is 5.94. The minimum Gasteiger partial charge on any atom is -0.352 e. The molecule has 2 amide bonds. The predicted octanol–water partition coefficient (Wildman–Crippen LogP) is 2.24. The molecular formula is C16H20F3N3O2. The van der Waals surface area contributed by atoms with E-state index in [0.29, 0.717) is 0 Å². The number of amides is 2. The van der Waals surface area contributed by atoms with E-state index in [2.05, 4.69) is 10.6 Å². The van der Waals surface area contributed by atoms with Crippen LogP contribution in [0, 0.1) is 0 Å². The molecule has 1 atom stereocenters. The molecule has 1 fully saturated rings. The van der Waals surface area contributed by atoms with Crippen LogP contribution in [0.2, 0.25) is 0 Å². The summed E-state index contributed by atoms with van der Waals surface area (Å²) in [5, 5.41) is 5.38. The highest BCUT2D eigenvalue weighted by Crippen LogP contribution is 2.29. The number of hydrogen-bond acceptors (Lipinski definition) is 3. The summed E-state index contributed by atoms with van der Waals surface area (Å²) in [7, 11) is 1.64. The first-order chi connectivity index (χ1) is 11.2. The molecule has 1 aliphatic carbocycles. The first-order valence-corrected chi connectivity index (χ1v) is 7.64. The quantitative estimate of drug-likeness (QED) is 0.833. The van der Waals surface area contributed by atoms with E-state index in [1.54, 1.807) is 18.9 Å². The van der Waals surface area contributed by atoms with Crippen LogP contribution in [-0.4, -0.2) is 42.4 Å². The van der Waals surface area contributed by atoms with Crippen LogP contribution in [0.4, 0.5) is 18.9 Å². The van der Waals surface area contributed by atoms with Gasteiger partial charge in [-0.1, -0.05) is 0 Å². The molecule has 1 saturated carbocycles. The monoisotopic (exact) mass is 343 g/mol. The lowest BCUT2D eigenvalue weighted by atomic mass is 10.2. The lowest BCUT2D eigenvalue weighted by Gasteiger charge is -2.23. The average Bonchev–Trinajstić information content (AvgIpc) is 3.29. The number of alkyl halides is 3. The summed E-state index contributed by atoms with van der Waals surface area (Å²) in [6, 6.07) is 3.88. The van der Waals surface area contributed by atoms with E-state index in [-0.39, 0.29) is 24.2 Å². The Morgan fingerprint density at radius 3 is 2.33 bits per heavy atom. The molecule has 0 heterocycles. The van der Waals surface area contributed by atoms with Crippen molar-refractivity contribution in [1.82, 2.24) is 10.2 Å². The van der Waals surface area contributed by atoms with E-state index in [1.807, 2.05) is 0 Å². The van der Waals surface area contributed by atoms with Gasteiger partial charge in [0.05, 0.1) is 18.2 Å². The summed E-state index contributed by atoms with van der Waals surface area (Å²) in [4.78, 5) is 25.5. The molecular weight excluding hydrogens is 323 g/mol. The van der Waals surface area contributed by atoms with E-state index in [0.717, 1.165) is 25.0 Å². The molecule has 1 aromatic carbocycles. The van der Waals surface area contributed by atoms with Crippen LogP contribution in [-0.2, 0) is 15.8 Å². The van der Waals surface area contributed by atoms with E-state index in [1.165, 1.54) is 12.1 Å². The molecule has 24 heavy (non-hydrogen) atoms. The SMILES string of the molecule is C[C@H](C(=O)Nc1ccc(C(F)(F)F)cc1)N(C)CC(=O)NC1CC1. The summed E-state index contributed by atoms with van der Waals surface area (Å²) >= 11 is 0. The standard InChI is InChI=1S/C16H20F3N3O2/c1-10(22(2)9-14(23)20-12-7-8-12)15(24)21-13-5-3-11(4-6-13)16(17,18)19/h3-6,10,12H,7-9H2,1-2H3,(H,20,23)(H,21,24)/t10-/m1/s1. The maximum absolute atomic E-state index is 12.5. The van der Waals surface area contributed by atoms with Gasteiger partial charge in [-0.05, 0) is 51.1 Å². The van der Waals surface area contributed by atoms with E-state index >= 15 is 0 Å². The van der Waals surface area contributed by atoms with Gasteiger partial charge in [0.25, 0.3) is 0 Å². The molecule has 0 saturated heterocycles. The molecule has 1 aromatic rings. The normalized spacial score (nSPS) is 15.9. The Kier molecular flexibility index (Phi) is 5.48. The van der Waals surface area contributed by atoms with E-state index in [4.69, 9.17) is 0 Å². The number of carbonyl (C=O) groups is 2. The third kappa shape index (κ3) is 5.23. The molecule has 2 rings (SSSR count). The first-order valence-electron chi connectivity index (χ1n) is 7.64. The number of anilines is 1. The molecule has 0 unspecified atom stereocenters. The molecule has 2 N–H and O–H groups in total. The number of hydrogen-bond donors (Lipinski definition) is 2. The van der Waals surface area contributed by atoms with Crippen LogP contribution in [0.3, 0.4) is 0 Å². The number of likely N-dealkylation sites (N-methyl/N-ethyl adjacent to an activating group) is 1. The smallest absolute Gasteiger partial charge is 0.352 e. The Morgan fingerprint density at radius 1 is 1.25 bits per heavy atom. The van der Waals surface area contributed by atoms with Crippen LogP contribution in [0.25, 0.3) is 0 Å². The molecule has 8 heteroatoms. The number of rotatable bonds is 6. The van der Waals surface area contributed by atoms with Crippen molar-refractivity contribution in [1.29, 1.82) is 0 Å². The number of carbonyl (C=O) groups excluding carboxylic acids is 2. The second-order valence-corrected chi connectivity index (χ2v) is 6.00.